The molecule has 1 aromatic heterocycles. The average molecular weight is 298 g/mol. The van der Waals surface area contributed by atoms with Crippen LogP contribution in [0.15, 0.2) is 30.3 Å². The van der Waals surface area contributed by atoms with Crippen LogP contribution in [-0.4, -0.2) is 46.3 Å². The van der Waals surface area contributed by atoms with Crippen molar-refractivity contribution in [2.45, 2.75) is 26.4 Å². The second-order valence-corrected chi connectivity index (χ2v) is 6.42. The number of hydrogen-bond donors (Lipinski definition) is 0. The third-order valence-electron chi connectivity index (χ3n) is 4.96. The minimum atomic E-state index is 0.479. The van der Waals surface area contributed by atoms with Gasteiger partial charge in [0.1, 0.15) is 0 Å². The lowest BCUT2D eigenvalue weighted by Gasteiger charge is -2.39. The van der Waals surface area contributed by atoms with Gasteiger partial charge in [0.15, 0.2) is 0 Å². The number of nitrogens with zero attached hydrogens (tertiary/aromatic N) is 4. The average Bonchev–Trinajstić information content (AvgIpc) is 2.76. The van der Waals surface area contributed by atoms with Crippen molar-refractivity contribution in [1.29, 1.82) is 0 Å². The zero-order chi connectivity index (χ0) is 15.7. The topological polar surface area (TPSA) is 24.3 Å². The van der Waals surface area contributed by atoms with Gasteiger partial charge in [0, 0.05) is 50.5 Å². The summed E-state index contributed by atoms with van der Waals surface area (Å²) in [7, 11) is 4.26. The van der Waals surface area contributed by atoms with Crippen LogP contribution in [0.5, 0.6) is 0 Å². The number of piperazine rings is 1. The van der Waals surface area contributed by atoms with E-state index in [1.54, 1.807) is 0 Å². The maximum absolute atomic E-state index is 4.55. The third kappa shape index (κ3) is 2.94. The first-order valence-electron chi connectivity index (χ1n) is 8.03. The van der Waals surface area contributed by atoms with Gasteiger partial charge < -0.3 is 0 Å². The van der Waals surface area contributed by atoms with Crippen LogP contribution in [0.4, 0.5) is 0 Å². The molecule has 2 aromatic rings. The molecule has 0 saturated carbocycles. The Morgan fingerprint density at radius 1 is 1.09 bits per heavy atom. The molecular weight excluding hydrogens is 272 g/mol. The molecule has 0 aliphatic carbocycles. The van der Waals surface area contributed by atoms with E-state index in [9.17, 15) is 0 Å². The van der Waals surface area contributed by atoms with Crippen molar-refractivity contribution >= 4 is 0 Å². The number of benzene rings is 1. The van der Waals surface area contributed by atoms with Crippen LogP contribution in [0, 0.1) is 13.8 Å². The van der Waals surface area contributed by atoms with Gasteiger partial charge in [0.05, 0.1) is 5.69 Å². The van der Waals surface area contributed by atoms with Crippen LogP contribution >= 0.6 is 0 Å². The van der Waals surface area contributed by atoms with Crippen molar-refractivity contribution in [2.24, 2.45) is 7.05 Å². The molecule has 4 nitrogen and oxygen atoms in total. The van der Waals surface area contributed by atoms with Crippen molar-refractivity contribution < 1.29 is 0 Å². The highest BCUT2D eigenvalue weighted by molar-refractivity contribution is 5.25. The zero-order valence-corrected chi connectivity index (χ0v) is 14.1. The van der Waals surface area contributed by atoms with Crippen LogP contribution in [0.1, 0.15) is 28.6 Å². The number of aryl methyl sites for hydroxylation is 2. The van der Waals surface area contributed by atoms with Crippen LogP contribution < -0.4 is 0 Å². The monoisotopic (exact) mass is 298 g/mol. The third-order valence-corrected chi connectivity index (χ3v) is 4.96. The summed E-state index contributed by atoms with van der Waals surface area (Å²) in [5.41, 5.74) is 5.25. The summed E-state index contributed by atoms with van der Waals surface area (Å²) in [6.45, 7) is 8.59. The van der Waals surface area contributed by atoms with Crippen molar-refractivity contribution in [3.8, 4) is 0 Å². The van der Waals surface area contributed by atoms with Gasteiger partial charge in [-0.25, -0.2) is 0 Å². The zero-order valence-electron chi connectivity index (χ0n) is 14.1. The van der Waals surface area contributed by atoms with Crippen LogP contribution in [-0.2, 0) is 13.6 Å². The van der Waals surface area contributed by atoms with Gasteiger partial charge in [-0.3, -0.25) is 14.5 Å². The molecule has 1 aliphatic heterocycles. The molecule has 3 rings (SSSR count). The Bertz CT molecular complexity index is 632. The maximum Gasteiger partial charge on any atom is 0.0641 e. The van der Waals surface area contributed by atoms with E-state index in [1.165, 1.54) is 16.8 Å². The van der Waals surface area contributed by atoms with Crippen LogP contribution in [0.3, 0.4) is 0 Å². The maximum atomic E-state index is 4.55. The summed E-state index contributed by atoms with van der Waals surface area (Å²) in [4.78, 5) is 5.03. The molecular formula is C18H26N4. The predicted octanol–water partition coefficient (Wildman–Crippen LogP) is 2.53. The van der Waals surface area contributed by atoms with E-state index in [0.29, 0.717) is 6.04 Å². The summed E-state index contributed by atoms with van der Waals surface area (Å²) >= 11 is 0. The second-order valence-electron chi connectivity index (χ2n) is 6.42. The predicted molar refractivity (Wildman–Crippen MR) is 89.8 cm³/mol. The molecule has 1 fully saturated rings. The fraction of sp³-hybridized carbons (Fsp3) is 0.500. The summed E-state index contributed by atoms with van der Waals surface area (Å²) in [5, 5.41) is 4.55. The first kappa shape index (κ1) is 15.3. The fourth-order valence-electron chi connectivity index (χ4n) is 3.38. The van der Waals surface area contributed by atoms with Crippen LogP contribution in [0.2, 0.25) is 0 Å². The van der Waals surface area contributed by atoms with Gasteiger partial charge in [0.2, 0.25) is 0 Å². The number of rotatable bonds is 3. The number of aromatic nitrogens is 2. The second kappa shape index (κ2) is 6.23. The molecule has 1 saturated heterocycles. The molecule has 4 heteroatoms. The largest absolute Gasteiger partial charge is 0.297 e. The Labute approximate surface area is 133 Å². The summed E-state index contributed by atoms with van der Waals surface area (Å²) in [6.07, 6.45) is 0. The molecule has 0 amide bonds. The smallest absolute Gasteiger partial charge is 0.0641 e. The summed E-state index contributed by atoms with van der Waals surface area (Å²) in [6, 6.07) is 11.3. The first-order valence-corrected chi connectivity index (χ1v) is 8.03. The Morgan fingerprint density at radius 2 is 1.82 bits per heavy atom. The highest BCUT2D eigenvalue weighted by Gasteiger charge is 2.26. The lowest BCUT2D eigenvalue weighted by atomic mass is 10.0. The molecule has 0 bridgehead atoms. The van der Waals surface area contributed by atoms with Crippen molar-refractivity contribution in [3.05, 3.63) is 52.8 Å². The molecule has 1 unspecified atom stereocenters. The van der Waals surface area contributed by atoms with Gasteiger partial charge in [-0.2, -0.15) is 5.10 Å². The summed E-state index contributed by atoms with van der Waals surface area (Å²) in [5.74, 6) is 0. The molecule has 0 radical (unpaired) electrons. The fourth-order valence-corrected chi connectivity index (χ4v) is 3.38. The van der Waals surface area contributed by atoms with Gasteiger partial charge in [-0.1, -0.05) is 30.3 Å². The SMILES string of the molecule is Cc1nn(C)c(C)c1CN1CCN(C)C(c2ccccc2)C1. The number of hydrogen-bond acceptors (Lipinski definition) is 3. The first-order chi connectivity index (χ1) is 10.6. The lowest BCUT2D eigenvalue weighted by Crippen LogP contribution is -2.46. The van der Waals surface area contributed by atoms with Gasteiger partial charge in [0.25, 0.3) is 0 Å². The molecule has 118 valence electrons. The van der Waals surface area contributed by atoms with E-state index < -0.39 is 0 Å². The lowest BCUT2D eigenvalue weighted by molar-refractivity contribution is 0.0902. The van der Waals surface area contributed by atoms with E-state index in [1.807, 2.05) is 11.7 Å². The summed E-state index contributed by atoms with van der Waals surface area (Å²) < 4.78 is 2.00. The highest BCUT2D eigenvalue weighted by Crippen LogP contribution is 2.25. The highest BCUT2D eigenvalue weighted by atomic mass is 15.3. The number of likely N-dealkylation sites (N-methyl/N-ethyl adjacent to an activating group) is 1. The quantitative estimate of drug-likeness (QED) is 0.870. The minimum absolute atomic E-state index is 0.479. The van der Waals surface area contributed by atoms with Gasteiger partial charge >= 0.3 is 0 Å². The van der Waals surface area contributed by atoms with E-state index in [4.69, 9.17) is 0 Å². The van der Waals surface area contributed by atoms with Crippen molar-refractivity contribution in [3.63, 3.8) is 0 Å². The molecule has 1 atom stereocenters. The van der Waals surface area contributed by atoms with E-state index >= 15 is 0 Å². The molecule has 2 heterocycles. The van der Waals surface area contributed by atoms with Crippen molar-refractivity contribution in [2.75, 3.05) is 26.7 Å². The molecule has 1 aromatic carbocycles. The van der Waals surface area contributed by atoms with Gasteiger partial charge in [-0.15, -0.1) is 0 Å². The minimum Gasteiger partial charge on any atom is -0.297 e. The Balaban J connectivity index is 1.76. The van der Waals surface area contributed by atoms with Gasteiger partial charge in [-0.05, 0) is 26.5 Å². The van der Waals surface area contributed by atoms with E-state index in [-0.39, 0.29) is 0 Å². The molecule has 1 aliphatic rings. The van der Waals surface area contributed by atoms with E-state index in [2.05, 4.69) is 66.1 Å². The normalized spacial score (nSPS) is 20.5. The Hall–Kier alpha value is -1.65. The standard InChI is InChI=1S/C18H26N4/c1-14-17(15(2)21(4)19-14)12-22-11-10-20(3)18(13-22)16-8-6-5-7-9-16/h5-9,18H,10-13H2,1-4H3. The molecule has 22 heavy (non-hydrogen) atoms. The molecule has 0 spiro atoms. The Kier molecular flexibility index (Phi) is 4.32. The van der Waals surface area contributed by atoms with E-state index in [0.717, 1.165) is 31.9 Å². The van der Waals surface area contributed by atoms with Crippen molar-refractivity contribution in [1.82, 2.24) is 19.6 Å². The van der Waals surface area contributed by atoms with Crippen LogP contribution in [0.25, 0.3) is 0 Å². The Morgan fingerprint density at radius 3 is 2.45 bits per heavy atom. The molecule has 0 N–H and O–H groups in total.